The highest BCUT2D eigenvalue weighted by Gasteiger charge is 2.32. The molecule has 5 rings (SSSR count). The molecule has 0 spiro atoms. The Balaban J connectivity index is 1.50. The van der Waals surface area contributed by atoms with Crippen molar-refractivity contribution in [2.75, 3.05) is 44.8 Å². The van der Waals surface area contributed by atoms with Crippen LogP contribution in [0.2, 0.25) is 0 Å². The Labute approximate surface area is 207 Å². The molecule has 0 amide bonds. The smallest absolute Gasteiger partial charge is 0.230 e. The molecule has 2 aromatic carbocycles. The molecule has 0 bridgehead atoms. The molecule has 1 unspecified atom stereocenters. The lowest BCUT2D eigenvalue weighted by Crippen LogP contribution is -2.47. The van der Waals surface area contributed by atoms with Crippen LogP contribution >= 0.6 is 11.3 Å². The first kappa shape index (κ1) is 23.4. The van der Waals surface area contributed by atoms with E-state index in [-0.39, 0.29) is 17.7 Å². The number of thiazole rings is 1. The lowest BCUT2D eigenvalue weighted by molar-refractivity contribution is 0.210. The maximum Gasteiger partial charge on any atom is 0.230 e. The van der Waals surface area contributed by atoms with Crippen LogP contribution in [0.25, 0.3) is 4.96 Å². The number of aromatic nitrogens is 3. The van der Waals surface area contributed by atoms with Gasteiger partial charge in [0.25, 0.3) is 0 Å². The number of halogens is 1. The molecule has 1 fully saturated rings. The van der Waals surface area contributed by atoms with Gasteiger partial charge in [0.15, 0.2) is 11.5 Å². The fourth-order valence-electron chi connectivity index (χ4n) is 4.57. The van der Waals surface area contributed by atoms with Gasteiger partial charge in [-0.15, -0.1) is 5.10 Å². The van der Waals surface area contributed by atoms with Gasteiger partial charge < -0.3 is 19.5 Å². The summed E-state index contributed by atoms with van der Waals surface area (Å²) in [5.41, 5.74) is 1.99. The minimum absolute atomic E-state index is 0.101. The summed E-state index contributed by atoms with van der Waals surface area (Å²) in [5.74, 6) is 1.81. The van der Waals surface area contributed by atoms with E-state index >= 15 is 0 Å². The maximum absolute atomic E-state index is 13.4. The molecular formula is C25H28FN5O3S. The van der Waals surface area contributed by atoms with Crippen molar-refractivity contribution in [2.24, 2.45) is 0 Å². The molecule has 3 heterocycles. The summed E-state index contributed by atoms with van der Waals surface area (Å²) in [7, 11) is 1.63. The average Bonchev–Trinajstić information content (AvgIpc) is 3.38. The summed E-state index contributed by atoms with van der Waals surface area (Å²) in [6.45, 7) is 7.34. The first-order valence-electron chi connectivity index (χ1n) is 11.6. The highest BCUT2D eigenvalue weighted by atomic mass is 32.1. The SMILES string of the molecule is CCOc1ccc(C(c2sc3nc(C)nn3c2O)N2CCN(c3ccc(F)cc3)CC2)cc1OC. The highest BCUT2D eigenvalue weighted by molar-refractivity contribution is 7.17. The van der Waals surface area contributed by atoms with Crippen molar-refractivity contribution in [2.45, 2.75) is 19.9 Å². The van der Waals surface area contributed by atoms with Gasteiger partial charge >= 0.3 is 0 Å². The van der Waals surface area contributed by atoms with E-state index in [4.69, 9.17) is 9.47 Å². The third-order valence-corrected chi connectivity index (χ3v) is 7.30. The van der Waals surface area contributed by atoms with Crippen LogP contribution in [0.5, 0.6) is 17.4 Å². The van der Waals surface area contributed by atoms with E-state index in [9.17, 15) is 9.50 Å². The fraction of sp³-hybridized carbons (Fsp3) is 0.360. The Kier molecular flexibility index (Phi) is 6.48. The molecule has 1 aliphatic heterocycles. The monoisotopic (exact) mass is 497 g/mol. The van der Waals surface area contributed by atoms with Gasteiger partial charge in [0, 0.05) is 31.9 Å². The third-order valence-electron chi connectivity index (χ3n) is 6.23. The van der Waals surface area contributed by atoms with E-state index in [1.165, 1.54) is 28.0 Å². The summed E-state index contributed by atoms with van der Waals surface area (Å²) >= 11 is 1.44. The quantitative estimate of drug-likeness (QED) is 0.409. The molecule has 35 heavy (non-hydrogen) atoms. The van der Waals surface area contributed by atoms with E-state index in [0.717, 1.165) is 42.3 Å². The summed E-state index contributed by atoms with van der Waals surface area (Å²) in [6, 6.07) is 12.3. The summed E-state index contributed by atoms with van der Waals surface area (Å²) < 4.78 is 26.2. The molecule has 184 valence electrons. The van der Waals surface area contributed by atoms with E-state index in [2.05, 4.69) is 19.9 Å². The third kappa shape index (κ3) is 4.51. The zero-order valence-electron chi connectivity index (χ0n) is 19.9. The van der Waals surface area contributed by atoms with Gasteiger partial charge in [0.05, 0.1) is 24.6 Å². The van der Waals surface area contributed by atoms with Crippen LogP contribution < -0.4 is 14.4 Å². The van der Waals surface area contributed by atoms with Crippen molar-refractivity contribution in [3.8, 4) is 17.4 Å². The minimum atomic E-state index is -0.237. The number of nitrogens with zero attached hydrogens (tertiary/aromatic N) is 5. The fourth-order valence-corrected chi connectivity index (χ4v) is 5.74. The van der Waals surface area contributed by atoms with E-state index in [0.29, 0.717) is 28.9 Å². The number of piperazine rings is 1. The number of fused-ring (bicyclic) bond motifs is 1. The molecule has 10 heteroatoms. The highest BCUT2D eigenvalue weighted by Crippen LogP contribution is 2.42. The Bertz CT molecular complexity index is 1310. The zero-order valence-corrected chi connectivity index (χ0v) is 20.8. The summed E-state index contributed by atoms with van der Waals surface area (Å²) in [5, 5.41) is 15.5. The van der Waals surface area contributed by atoms with Crippen molar-refractivity contribution in [3.63, 3.8) is 0 Å². The number of aryl methyl sites for hydroxylation is 1. The summed E-state index contributed by atoms with van der Waals surface area (Å²) in [6.07, 6.45) is 0. The second-order valence-corrected chi connectivity index (χ2v) is 9.40. The van der Waals surface area contributed by atoms with E-state index < -0.39 is 0 Å². The van der Waals surface area contributed by atoms with Crippen molar-refractivity contribution < 1.29 is 19.0 Å². The van der Waals surface area contributed by atoms with E-state index in [1.807, 2.05) is 44.2 Å². The van der Waals surface area contributed by atoms with Gasteiger partial charge in [-0.05, 0) is 55.8 Å². The number of rotatable bonds is 7. The number of ether oxygens (including phenoxy) is 2. The van der Waals surface area contributed by atoms with Crippen LogP contribution in [0.3, 0.4) is 0 Å². The number of methoxy groups -OCH3 is 1. The van der Waals surface area contributed by atoms with Crippen LogP contribution in [0, 0.1) is 12.7 Å². The standard InChI is InChI=1S/C25H28FN5O3S/c1-4-34-20-10-5-17(15-21(20)33-3)22(23-24(32)31-25(35-23)27-16(2)28-31)30-13-11-29(12-14-30)19-8-6-18(26)7-9-19/h5-10,15,22,32H,4,11-14H2,1-3H3. The predicted octanol–water partition coefficient (Wildman–Crippen LogP) is 4.26. The van der Waals surface area contributed by atoms with Crippen LogP contribution in [-0.4, -0.2) is 64.5 Å². The van der Waals surface area contributed by atoms with Gasteiger partial charge in [0.1, 0.15) is 11.6 Å². The predicted molar refractivity (Wildman–Crippen MR) is 133 cm³/mol. The second-order valence-electron chi connectivity index (χ2n) is 8.39. The van der Waals surface area contributed by atoms with Crippen LogP contribution in [-0.2, 0) is 0 Å². The number of benzene rings is 2. The number of anilines is 1. The first-order chi connectivity index (χ1) is 17.0. The van der Waals surface area contributed by atoms with E-state index in [1.54, 1.807) is 7.11 Å². The Hall–Kier alpha value is -3.37. The average molecular weight is 498 g/mol. The van der Waals surface area contributed by atoms with Crippen molar-refractivity contribution in [1.29, 1.82) is 0 Å². The van der Waals surface area contributed by atoms with Gasteiger partial charge in [-0.25, -0.2) is 9.37 Å². The topological polar surface area (TPSA) is 75.4 Å². The van der Waals surface area contributed by atoms with Gasteiger partial charge in [-0.1, -0.05) is 17.4 Å². The molecule has 0 radical (unpaired) electrons. The van der Waals surface area contributed by atoms with Gasteiger partial charge in [-0.2, -0.15) is 4.52 Å². The van der Waals surface area contributed by atoms with Crippen LogP contribution in [0.15, 0.2) is 42.5 Å². The molecular weight excluding hydrogens is 469 g/mol. The molecule has 1 N–H and O–H groups in total. The maximum atomic E-state index is 13.4. The number of hydrogen-bond donors (Lipinski definition) is 1. The zero-order chi connectivity index (χ0) is 24.5. The van der Waals surface area contributed by atoms with Crippen molar-refractivity contribution in [1.82, 2.24) is 19.5 Å². The largest absolute Gasteiger partial charge is 0.493 e. The molecule has 4 aromatic rings. The molecule has 2 aromatic heterocycles. The Morgan fingerprint density at radius 2 is 1.83 bits per heavy atom. The first-order valence-corrected chi connectivity index (χ1v) is 12.4. The van der Waals surface area contributed by atoms with Gasteiger partial charge in [-0.3, -0.25) is 4.90 Å². The van der Waals surface area contributed by atoms with Gasteiger partial charge in [0.2, 0.25) is 10.8 Å². The minimum Gasteiger partial charge on any atom is -0.493 e. The molecule has 0 aliphatic carbocycles. The Morgan fingerprint density at radius 3 is 2.49 bits per heavy atom. The number of aromatic hydroxyl groups is 1. The molecule has 1 aliphatic rings. The van der Waals surface area contributed by atoms with Crippen molar-refractivity contribution >= 4 is 22.0 Å². The molecule has 0 saturated carbocycles. The second kappa shape index (κ2) is 9.71. The summed E-state index contributed by atoms with van der Waals surface area (Å²) in [4.78, 5) is 10.5. The van der Waals surface area contributed by atoms with Crippen molar-refractivity contribution in [3.05, 3.63) is 64.5 Å². The van der Waals surface area contributed by atoms with Crippen LogP contribution in [0.1, 0.15) is 29.2 Å². The Morgan fingerprint density at radius 1 is 1.09 bits per heavy atom. The lowest BCUT2D eigenvalue weighted by atomic mass is 10.0. The molecule has 1 saturated heterocycles. The molecule has 1 atom stereocenters. The van der Waals surface area contributed by atoms with Crippen LogP contribution in [0.4, 0.5) is 10.1 Å². The normalized spacial score (nSPS) is 15.5. The lowest BCUT2D eigenvalue weighted by Gasteiger charge is -2.40. The number of hydrogen-bond acceptors (Lipinski definition) is 8. The molecule has 8 nitrogen and oxygen atoms in total.